The molecule has 1 saturated heterocycles. The Hall–Kier alpha value is -1.07. The van der Waals surface area contributed by atoms with Gasteiger partial charge in [0, 0.05) is 19.6 Å². The monoisotopic (exact) mass is 310 g/mol. The van der Waals surface area contributed by atoms with Gasteiger partial charge < -0.3 is 5.32 Å². The minimum absolute atomic E-state index is 0.0527. The van der Waals surface area contributed by atoms with E-state index in [0.717, 1.165) is 25.8 Å². The van der Waals surface area contributed by atoms with Crippen LogP contribution < -0.4 is 5.32 Å². The van der Waals surface area contributed by atoms with Gasteiger partial charge in [-0.15, -0.1) is 0 Å². The van der Waals surface area contributed by atoms with Crippen LogP contribution >= 0.6 is 0 Å². The first-order valence-corrected chi connectivity index (χ1v) is 9.14. The Morgan fingerprint density at radius 2 is 2.00 bits per heavy atom. The van der Waals surface area contributed by atoms with Crippen molar-refractivity contribution in [2.24, 2.45) is 5.41 Å². The van der Waals surface area contributed by atoms with Gasteiger partial charge in [-0.05, 0) is 36.8 Å². The van der Waals surface area contributed by atoms with Crippen molar-refractivity contribution in [2.75, 3.05) is 25.0 Å². The van der Waals surface area contributed by atoms with Crippen LogP contribution in [-0.4, -0.2) is 32.4 Å². The van der Waals surface area contributed by atoms with E-state index < -0.39 is 10.0 Å². The number of hydrogen-bond acceptors (Lipinski definition) is 3. The zero-order chi connectivity index (χ0) is 15.5. The van der Waals surface area contributed by atoms with Crippen LogP contribution in [-0.2, 0) is 10.0 Å². The molecule has 1 fully saturated rings. The lowest BCUT2D eigenvalue weighted by Gasteiger charge is -2.37. The van der Waals surface area contributed by atoms with Gasteiger partial charge in [0.05, 0.1) is 5.69 Å². The molecule has 2 rings (SSSR count). The third-order valence-corrected chi connectivity index (χ3v) is 5.84. The molecule has 118 valence electrons. The van der Waals surface area contributed by atoms with E-state index in [4.69, 9.17) is 0 Å². The summed E-state index contributed by atoms with van der Waals surface area (Å²) in [6.07, 6.45) is 2.97. The van der Waals surface area contributed by atoms with Gasteiger partial charge in [0.1, 0.15) is 4.90 Å². The van der Waals surface area contributed by atoms with E-state index in [-0.39, 0.29) is 5.41 Å². The summed E-state index contributed by atoms with van der Waals surface area (Å²) in [5.74, 6) is 0. The predicted molar refractivity (Wildman–Crippen MR) is 87.0 cm³/mol. The summed E-state index contributed by atoms with van der Waals surface area (Å²) in [6, 6.07) is 7.21. The quantitative estimate of drug-likeness (QED) is 0.907. The van der Waals surface area contributed by atoms with Gasteiger partial charge in [-0.1, -0.05) is 32.9 Å². The van der Waals surface area contributed by atoms with Crippen molar-refractivity contribution in [1.82, 2.24) is 4.31 Å². The molecule has 1 aliphatic heterocycles. The molecule has 1 heterocycles. The normalized spacial score (nSPS) is 19.4. The molecule has 0 radical (unpaired) electrons. The van der Waals surface area contributed by atoms with Gasteiger partial charge >= 0.3 is 0 Å². The Morgan fingerprint density at radius 3 is 2.67 bits per heavy atom. The molecule has 1 aromatic carbocycles. The second-order valence-electron chi connectivity index (χ2n) is 6.53. The molecule has 1 aliphatic rings. The number of para-hydroxylation sites is 1. The summed E-state index contributed by atoms with van der Waals surface area (Å²) in [5.41, 5.74) is 0.764. The number of nitrogens with one attached hydrogen (secondary N) is 1. The second-order valence-corrected chi connectivity index (χ2v) is 8.44. The maximum absolute atomic E-state index is 12.9. The summed E-state index contributed by atoms with van der Waals surface area (Å²) in [4.78, 5) is 0.399. The molecule has 0 aromatic heterocycles. The van der Waals surface area contributed by atoms with Crippen LogP contribution in [0.1, 0.15) is 40.0 Å². The Bertz CT molecular complexity index is 582. The second kappa shape index (κ2) is 6.36. The summed E-state index contributed by atoms with van der Waals surface area (Å²) >= 11 is 0. The fourth-order valence-corrected chi connectivity index (χ4v) is 4.65. The summed E-state index contributed by atoms with van der Waals surface area (Å²) in [6.45, 7) is 8.33. The van der Waals surface area contributed by atoms with Crippen LogP contribution in [0.3, 0.4) is 0 Å². The van der Waals surface area contributed by atoms with E-state index in [1.165, 1.54) is 0 Å². The first-order chi connectivity index (χ1) is 9.87. The SMILES string of the molecule is CCCNc1ccccc1S(=O)(=O)N1CCCC(C)(C)C1. The molecule has 1 aromatic rings. The van der Waals surface area contributed by atoms with Crippen LogP contribution in [0.2, 0.25) is 0 Å². The van der Waals surface area contributed by atoms with Crippen molar-refractivity contribution in [3.8, 4) is 0 Å². The molecule has 5 heteroatoms. The maximum atomic E-state index is 12.9. The van der Waals surface area contributed by atoms with Gasteiger partial charge in [-0.25, -0.2) is 8.42 Å². The van der Waals surface area contributed by atoms with Crippen LogP contribution in [0.15, 0.2) is 29.2 Å². The van der Waals surface area contributed by atoms with Crippen LogP contribution in [0.25, 0.3) is 0 Å². The lowest BCUT2D eigenvalue weighted by Crippen LogP contribution is -2.43. The number of sulfonamides is 1. The van der Waals surface area contributed by atoms with Crippen molar-refractivity contribution in [1.29, 1.82) is 0 Å². The predicted octanol–water partition coefficient (Wildman–Crippen LogP) is 3.32. The minimum Gasteiger partial charge on any atom is -0.384 e. The molecule has 1 N–H and O–H groups in total. The van der Waals surface area contributed by atoms with Gasteiger partial charge in [0.15, 0.2) is 0 Å². The number of benzene rings is 1. The molecule has 0 bridgehead atoms. The molecule has 0 aliphatic carbocycles. The number of anilines is 1. The van der Waals surface area contributed by atoms with Crippen molar-refractivity contribution in [2.45, 2.75) is 44.9 Å². The number of rotatable bonds is 5. The number of hydrogen-bond donors (Lipinski definition) is 1. The Kier molecular flexibility index (Phi) is 4.94. The highest BCUT2D eigenvalue weighted by atomic mass is 32.2. The molecule has 4 nitrogen and oxygen atoms in total. The highest BCUT2D eigenvalue weighted by Gasteiger charge is 2.35. The largest absolute Gasteiger partial charge is 0.384 e. The van der Waals surface area contributed by atoms with Gasteiger partial charge in [0.25, 0.3) is 0 Å². The van der Waals surface area contributed by atoms with E-state index >= 15 is 0 Å². The molecule has 0 amide bonds. The fraction of sp³-hybridized carbons (Fsp3) is 0.625. The smallest absolute Gasteiger partial charge is 0.245 e. The lowest BCUT2D eigenvalue weighted by atomic mass is 9.85. The third kappa shape index (κ3) is 3.77. The zero-order valence-corrected chi connectivity index (χ0v) is 14.0. The fourth-order valence-electron chi connectivity index (χ4n) is 2.81. The minimum atomic E-state index is -3.42. The van der Waals surface area contributed by atoms with E-state index in [0.29, 0.717) is 23.7 Å². The van der Waals surface area contributed by atoms with Gasteiger partial charge in [-0.3, -0.25) is 0 Å². The third-order valence-electron chi connectivity index (χ3n) is 3.94. The molecule has 0 atom stereocenters. The highest BCUT2D eigenvalue weighted by Crippen LogP contribution is 2.33. The van der Waals surface area contributed by atoms with Crippen molar-refractivity contribution < 1.29 is 8.42 Å². The molecule has 0 unspecified atom stereocenters. The van der Waals surface area contributed by atoms with Gasteiger partial charge in [0.2, 0.25) is 10.0 Å². The Labute approximate surface area is 128 Å². The number of piperidine rings is 1. The zero-order valence-electron chi connectivity index (χ0n) is 13.2. The molecular formula is C16H26N2O2S. The summed E-state index contributed by atoms with van der Waals surface area (Å²) < 4.78 is 27.5. The summed E-state index contributed by atoms with van der Waals surface area (Å²) in [5, 5.41) is 3.22. The van der Waals surface area contributed by atoms with E-state index in [1.54, 1.807) is 16.4 Å². The topological polar surface area (TPSA) is 49.4 Å². The maximum Gasteiger partial charge on any atom is 0.245 e. The number of nitrogens with zero attached hydrogens (tertiary/aromatic N) is 1. The summed E-state index contributed by atoms with van der Waals surface area (Å²) in [7, 11) is -3.42. The average molecular weight is 310 g/mol. The first-order valence-electron chi connectivity index (χ1n) is 7.70. The molecule has 0 saturated carbocycles. The molecular weight excluding hydrogens is 284 g/mol. The van der Waals surface area contributed by atoms with Crippen molar-refractivity contribution in [3.63, 3.8) is 0 Å². The average Bonchev–Trinajstić information content (AvgIpc) is 2.44. The molecule has 0 spiro atoms. The van der Waals surface area contributed by atoms with Crippen LogP contribution in [0.4, 0.5) is 5.69 Å². The van der Waals surface area contributed by atoms with Crippen molar-refractivity contribution >= 4 is 15.7 Å². The lowest BCUT2D eigenvalue weighted by molar-refractivity contribution is 0.187. The van der Waals surface area contributed by atoms with E-state index in [1.807, 2.05) is 12.1 Å². The Morgan fingerprint density at radius 1 is 1.29 bits per heavy atom. The Balaban J connectivity index is 2.31. The van der Waals surface area contributed by atoms with E-state index in [2.05, 4.69) is 26.1 Å². The van der Waals surface area contributed by atoms with Crippen LogP contribution in [0, 0.1) is 5.41 Å². The van der Waals surface area contributed by atoms with Crippen LogP contribution in [0.5, 0.6) is 0 Å². The van der Waals surface area contributed by atoms with Gasteiger partial charge in [-0.2, -0.15) is 4.31 Å². The van der Waals surface area contributed by atoms with Crippen molar-refractivity contribution in [3.05, 3.63) is 24.3 Å². The first kappa shape index (κ1) is 16.3. The highest BCUT2D eigenvalue weighted by molar-refractivity contribution is 7.89. The molecule has 21 heavy (non-hydrogen) atoms. The van der Waals surface area contributed by atoms with E-state index in [9.17, 15) is 8.42 Å². The standard InChI is InChI=1S/C16H26N2O2S/c1-4-11-17-14-8-5-6-9-15(14)21(19,20)18-12-7-10-16(2,3)13-18/h5-6,8-9,17H,4,7,10-13H2,1-3H3.